The van der Waals surface area contributed by atoms with Gasteiger partial charge in [0.15, 0.2) is 0 Å². The number of anilines is 2. The second kappa shape index (κ2) is 3.54. The lowest BCUT2D eigenvalue weighted by molar-refractivity contribution is 0.419. The molecule has 0 aliphatic rings. The second-order valence-electron chi connectivity index (χ2n) is 2.94. The van der Waals surface area contributed by atoms with Crippen LogP contribution in [0.1, 0.15) is 0 Å². The fraction of sp³-hybridized carbons (Fsp3) is 0.111. The van der Waals surface area contributed by atoms with E-state index in [1.54, 1.807) is 13.2 Å². The van der Waals surface area contributed by atoms with Crippen LogP contribution in [-0.4, -0.2) is 17.1 Å². The molecule has 1 heterocycles. The van der Waals surface area contributed by atoms with Gasteiger partial charge in [-0.2, -0.15) is 4.98 Å². The number of nitrogen functional groups attached to an aromatic ring is 2. The van der Waals surface area contributed by atoms with E-state index in [9.17, 15) is 0 Å². The molecule has 0 aliphatic heterocycles. The SMILES string of the molecule is COc1ccc(Br)c2nc(N)nc(N)c12. The van der Waals surface area contributed by atoms with Gasteiger partial charge in [-0.25, -0.2) is 4.98 Å². The van der Waals surface area contributed by atoms with Gasteiger partial charge in [0.25, 0.3) is 0 Å². The van der Waals surface area contributed by atoms with Gasteiger partial charge in [-0.05, 0) is 28.1 Å². The summed E-state index contributed by atoms with van der Waals surface area (Å²) in [6.07, 6.45) is 0. The van der Waals surface area contributed by atoms with Gasteiger partial charge in [-0.1, -0.05) is 0 Å². The molecule has 0 saturated carbocycles. The molecule has 0 aliphatic carbocycles. The Morgan fingerprint density at radius 2 is 2.00 bits per heavy atom. The van der Waals surface area contributed by atoms with E-state index in [4.69, 9.17) is 16.2 Å². The van der Waals surface area contributed by atoms with Gasteiger partial charge in [-0.15, -0.1) is 0 Å². The van der Waals surface area contributed by atoms with Crippen molar-refractivity contribution >= 4 is 38.6 Å². The molecular weight excluding hydrogens is 260 g/mol. The first-order valence-corrected chi connectivity index (χ1v) is 4.98. The molecule has 15 heavy (non-hydrogen) atoms. The summed E-state index contributed by atoms with van der Waals surface area (Å²) in [5.74, 6) is 1.09. The molecule has 0 radical (unpaired) electrons. The van der Waals surface area contributed by atoms with Crippen molar-refractivity contribution in [3.63, 3.8) is 0 Å². The Morgan fingerprint density at radius 1 is 1.27 bits per heavy atom. The summed E-state index contributed by atoms with van der Waals surface area (Å²) in [5.41, 5.74) is 11.9. The molecule has 1 aromatic heterocycles. The van der Waals surface area contributed by atoms with Crippen LogP contribution >= 0.6 is 15.9 Å². The van der Waals surface area contributed by atoms with Crippen LogP contribution < -0.4 is 16.2 Å². The first-order valence-electron chi connectivity index (χ1n) is 4.18. The maximum atomic E-state index is 5.77. The Morgan fingerprint density at radius 3 is 2.67 bits per heavy atom. The summed E-state index contributed by atoms with van der Waals surface area (Å²) in [6, 6.07) is 3.62. The van der Waals surface area contributed by atoms with Crippen LogP contribution in [0.5, 0.6) is 5.75 Å². The molecule has 4 N–H and O–H groups in total. The average Bonchev–Trinajstić information content (AvgIpc) is 2.19. The number of rotatable bonds is 1. The number of benzene rings is 1. The van der Waals surface area contributed by atoms with Gasteiger partial charge in [0.05, 0.1) is 18.0 Å². The fourth-order valence-corrected chi connectivity index (χ4v) is 1.81. The first kappa shape index (κ1) is 9.97. The number of ether oxygens (including phenoxy) is 1. The molecule has 78 valence electrons. The van der Waals surface area contributed by atoms with Gasteiger partial charge in [0.2, 0.25) is 5.95 Å². The zero-order valence-corrected chi connectivity index (χ0v) is 9.58. The Labute approximate surface area is 94.6 Å². The minimum absolute atomic E-state index is 0.147. The highest BCUT2D eigenvalue weighted by Crippen LogP contribution is 2.33. The molecule has 2 aromatic rings. The standard InChI is InChI=1S/C9H9BrN4O/c1-15-5-3-2-4(10)7-6(5)8(11)14-9(12)13-7/h2-3H,1H3,(H4,11,12,13,14). The van der Waals surface area contributed by atoms with E-state index in [0.717, 1.165) is 4.47 Å². The molecule has 5 nitrogen and oxygen atoms in total. The fourth-order valence-electron chi connectivity index (χ4n) is 1.39. The van der Waals surface area contributed by atoms with E-state index < -0.39 is 0 Å². The van der Waals surface area contributed by atoms with Crippen molar-refractivity contribution in [3.05, 3.63) is 16.6 Å². The third kappa shape index (κ3) is 1.56. The van der Waals surface area contributed by atoms with Gasteiger partial charge < -0.3 is 16.2 Å². The predicted octanol–water partition coefficient (Wildman–Crippen LogP) is 1.57. The van der Waals surface area contributed by atoms with Crippen LogP contribution in [0.2, 0.25) is 0 Å². The smallest absolute Gasteiger partial charge is 0.222 e. The van der Waals surface area contributed by atoms with E-state index in [-0.39, 0.29) is 5.95 Å². The van der Waals surface area contributed by atoms with Gasteiger partial charge >= 0.3 is 0 Å². The monoisotopic (exact) mass is 268 g/mol. The summed E-state index contributed by atoms with van der Waals surface area (Å²) in [5, 5.41) is 0.668. The number of aromatic nitrogens is 2. The molecule has 0 bridgehead atoms. The van der Waals surface area contributed by atoms with E-state index in [0.29, 0.717) is 22.5 Å². The quantitative estimate of drug-likeness (QED) is 0.820. The molecule has 2 rings (SSSR count). The molecular formula is C9H9BrN4O. The summed E-state index contributed by atoms with van der Waals surface area (Å²) in [6.45, 7) is 0. The van der Waals surface area contributed by atoms with Crippen molar-refractivity contribution in [3.8, 4) is 5.75 Å². The Balaban J connectivity index is 2.93. The number of methoxy groups -OCH3 is 1. The number of hydrogen-bond donors (Lipinski definition) is 2. The molecule has 0 atom stereocenters. The Bertz CT molecular complexity index is 529. The lowest BCUT2D eigenvalue weighted by Gasteiger charge is -2.08. The largest absolute Gasteiger partial charge is 0.496 e. The highest BCUT2D eigenvalue weighted by molar-refractivity contribution is 9.10. The van der Waals surface area contributed by atoms with Crippen LogP contribution in [0.15, 0.2) is 16.6 Å². The molecule has 0 fully saturated rings. The zero-order valence-electron chi connectivity index (χ0n) is 7.99. The van der Waals surface area contributed by atoms with Crippen molar-refractivity contribution < 1.29 is 4.74 Å². The lowest BCUT2D eigenvalue weighted by atomic mass is 10.2. The van der Waals surface area contributed by atoms with Gasteiger partial charge in [0, 0.05) is 4.47 Å². The van der Waals surface area contributed by atoms with Crippen molar-refractivity contribution in [2.75, 3.05) is 18.6 Å². The number of nitrogens with zero attached hydrogens (tertiary/aromatic N) is 2. The number of hydrogen-bond acceptors (Lipinski definition) is 5. The molecule has 0 unspecified atom stereocenters. The summed E-state index contributed by atoms with van der Waals surface area (Å²) >= 11 is 3.37. The Kier molecular flexibility index (Phi) is 2.36. The van der Waals surface area contributed by atoms with Crippen molar-refractivity contribution in [1.82, 2.24) is 9.97 Å². The minimum atomic E-state index is 0.147. The molecule has 0 amide bonds. The summed E-state index contributed by atoms with van der Waals surface area (Å²) in [7, 11) is 1.57. The number of fused-ring (bicyclic) bond motifs is 1. The van der Waals surface area contributed by atoms with Crippen LogP contribution in [0.4, 0.5) is 11.8 Å². The second-order valence-corrected chi connectivity index (χ2v) is 3.79. The highest BCUT2D eigenvalue weighted by atomic mass is 79.9. The van der Waals surface area contributed by atoms with Gasteiger partial charge in [-0.3, -0.25) is 0 Å². The zero-order chi connectivity index (χ0) is 11.0. The van der Waals surface area contributed by atoms with Crippen LogP contribution in [-0.2, 0) is 0 Å². The third-order valence-corrected chi connectivity index (χ3v) is 2.67. The molecule has 6 heteroatoms. The van der Waals surface area contributed by atoms with Crippen molar-refractivity contribution in [2.24, 2.45) is 0 Å². The first-order chi connectivity index (χ1) is 7.13. The highest BCUT2D eigenvalue weighted by Gasteiger charge is 2.11. The summed E-state index contributed by atoms with van der Waals surface area (Å²) in [4.78, 5) is 8.00. The Hall–Kier alpha value is -1.56. The van der Waals surface area contributed by atoms with Crippen LogP contribution in [0.25, 0.3) is 10.9 Å². The molecule has 0 saturated heterocycles. The van der Waals surface area contributed by atoms with Crippen molar-refractivity contribution in [2.45, 2.75) is 0 Å². The van der Waals surface area contributed by atoms with Crippen LogP contribution in [0, 0.1) is 0 Å². The predicted molar refractivity (Wildman–Crippen MR) is 62.6 cm³/mol. The lowest BCUT2D eigenvalue weighted by Crippen LogP contribution is -2.02. The number of nitrogens with two attached hydrogens (primary N) is 2. The van der Waals surface area contributed by atoms with Gasteiger partial charge in [0.1, 0.15) is 11.6 Å². The topological polar surface area (TPSA) is 87.0 Å². The van der Waals surface area contributed by atoms with Crippen molar-refractivity contribution in [1.29, 1.82) is 0 Å². The maximum absolute atomic E-state index is 5.77. The number of halogens is 1. The van der Waals surface area contributed by atoms with E-state index in [1.807, 2.05) is 6.07 Å². The summed E-state index contributed by atoms with van der Waals surface area (Å²) < 4.78 is 5.99. The van der Waals surface area contributed by atoms with E-state index in [1.165, 1.54) is 0 Å². The van der Waals surface area contributed by atoms with Crippen LogP contribution in [0.3, 0.4) is 0 Å². The normalized spacial score (nSPS) is 10.5. The van der Waals surface area contributed by atoms with E-state index in [2.05, 4.69) is 25.9 Å². The third-order valence-electron chi connectivity index (χ3n) is 2.03. The maximum Gasteiger partial charge on any atom is 0.222 e. The minimum Gasteiger partial charge on any atom is -0.496 e. The average molecular weight is 269 g/mol. The molecule has 1 aromatic carbocycles. The molecule has 0 spiro atoms. The van der Waals surface area contributed by atoms with E-state index >= 15 is 0 Å².